The molecule has 0 aliphatic heterocycles. The van der Waals surface area contributed by atoms with Gasteiger partial charge in [0.25, 0.3) is 0 Å². The number of aromatic nitrogens is 2. The number of thiophene rings is 1. The maximum absolute atomic E-state index is 10.9. The lowest BCUT2D eigenvalue weighted by atomic mass is 10.3. The fourth-order valence-corrected chi connectivity index (χ4v) is 2.58. The summed E-state index contributed by atoms with van der Waals surface area (Å²) in [5.41, 5.74) is 0. The van der Waals surface area contributed by atoms with E-state index >= 15 is 0 Å². The standard InChI is InChI=1S/C10H10ClN3O3S/c1-4-2-5-7(12-6(3-15)9(16)17)13-10(11)14-8(5)18-4/h2,6,15H,3H2,1H3,(H,16,17)(H,12,13,14). The average Bonchev–Trinajstić information content (AvgIpc) is 2.65. The highest BCUT2D eigenvalue weighted by atomic mass is 35.5. The van der Waals surface area contributed by atoms with E-state index in [-0.39, 0.29) is 5.28 Å². The molecule has 0 saturated heterocycles. The van der Waals surface area contributed by atoms with Gasteiger partial charge in [0.1, 0.15) is 16.7 Å². The monoisotopic (exact) mass is 287 g/mol. The normalized spacial score (nSPS) is 12.6. The van der Waals surface area contributed by atoms with E-state index in [1.54, 1.807) is 0 Å². The summed E-state index contributed by atoms with van der Waals surface area (Å²) in [4.78, 5) is 20.6. The number of nitrogens with one attached hydrogen (secondary N) is 1. The van der Waals surface area contributed by atoms with Crippen molar-refractivity contribution in [2.24, 2.45) is 0 Å². The third kappa shape index (κ3) is 2.53. The van der Waals surface area contributed by atoms with E-state index in [1.807, 2.05) is 13.0 Å². The molecule has 96 valence electrons. The number of fused-ring (bicyclic) bond motifs is 1. The number of halogens is 1. The molecule has 0 aromatic carbocycles. The molecule has 0 amide bonds. The molecule has 0 bridgehead atoms. The Morgan fingerprint density at radius 1 is 1.61 bits per heavy atom. The van der Waals surface area contributed by atoms with Crippen LogP contribution in [0.3, 0.4) is 0 Å². The number of aliphatic hydroxyl groups excluding tert-OH is 1. The molecular formula is C10H10ClN3O3S. The van der Waals surface area contributed by atoms with E-state index in [2.05, 4.69) is 15.3 Å². The summed E-state index contributed by atoms with van der Waals surface area (Å²) in [6.07, 6.45) is 0. The molecule has 0 saturated carbocycles. The minimum absolute atomic E-state index is 0.0360. The van der Waals surface area contributed by atoms with Crippen molar-refractivity contribution in [3.63, 3.8) is 0 Å². The second-order valence-electron chi connectivity index (χ2n) is 3.63. The molecule has 0 aliphatic carbocycles. The van der Waals surface area contributed by atoms with Crippen molar-refractivity contribution in [3.8, 4) is 0 Å². The van der Waals surface area contributed by atoms with Crippen LogP contribution < -0.4 is 5.32 Å². The van der Waals surface area contributed by atoms with Crippen LogP contribution in [-0.2, 0) is 4.79 Å². The maximum atomic E-state index is 10.9. The first-order chi connectivity index (χ1) is 8.51. The Balaban J connectivity index is 2.46. The molecular weight excluding hydrogens is 278 g/mol. The molecule has 0 fully saturated rings. The molecule has 0 aliphatic rings. The molecule has 1 unspecified atom stereocenters. The predicted octanol–water partition coefficient (Wildman–Crippen LogP) is 1.51. The van der Waals surface area contributed by atoms with Crippen molar-refractivity contribution in [1.82, 2.24) is 9.97 Å². The number of hydrogen-bond donors (Lipinski definition) is 3. The van der Waals surface area contributed by atoms with Gasteiger partial charge in [0.15, 0.2) is 0 Å². The maximum Gasteiger partial charge on any atom is 0.328 e. The lowest BCUT2D eigenvalue weighted by molar-refractivity contribution is -0.138. The molecule has 1 atom stereocenters. The Bertz CT molecular complexity index is 601. The van der Waals surface area contributed by atoms with Gasteiger partial charge in [-0.3, -0.25) is 0 Å². The minimum atomic E-state index is -1.16. The van der Waals surface area contributed by atoms with E-state index in [1.165, 1.54) is 11.3 Å². The first kappa shape index (κ1) is 13.0. The summed E-state index contributed by atoms with van der Waals surface area (Å²) in [6, 6.07) is 0.717. The molecule has 2 rings (SSSR count). The number of anilines is 1. The molecule has 2 aromatic heterocycles. The lowest BCUT2D eigenvalue weighted by Crippen LogP contribution is -2.33. The summed E-state index contributed by atoms with van der Waals surface area (Å²) < 4.78 is 0. The Hall–Kier alpha value is -1.44. The molecule has 2 aromatic rings. The highest BCUT2D eigenvalue weighted by Gasteiger charge is 2.19. The Morgan fingerprint density at radius 3 is 2.94 bits per heavy atom. The Kier molecular flexibility index (Phi) is 3.65. The topological polar surface area (TPSA) is 95.3 Å². The first-order valence-corrected chi connectivity index (χ1v) is 6.24. The van der Waals surface area contributed by atoms with Crippen molar-refractivity contribution in [2.75, 3.05) is 11.9 Å². The van der Waals surface area contributed by atoms with Crippen molar-refractivity contribution < 1.29 is 15.0 Å². The van der Waals surface area contributed by atoms with Gasteiger partial charge in [-0.2, -0.15) is 0 Å². The van der Waals surface area contributed by atoms with E-state index < -0.39 is 18.6 Å². The molecule has 8 heteroatoms. The van der Waals surface area contributed by atoms with E-state index in [0.717, 1.165) is 4.88 Å². The van der Waals surface area contributed by atoms with Gasteiger partial charge < -0.3 is 15.5 Å². The van der Waals surface area contributed by atoms with E-state index in [0.29, 0.717) is 16.0 Å². The van der Waals surface area contributed by atoms with Crippen LogP contribution in [0.15, 0.2) is 6.07 Å². The van der Waals surface area contributed by atoms with Gasteiger partial charge in [-0.05, 0) is 24.6 Å². The van der Waals surface area contributed by atoms with Gasteiger partial charge in [0.2, 0.25) is 5.28 Å². The number of aliphatic carboxylic acids is 1. The van der Waals surface area contributed by atoms with Crippen molar-refractivity contribution >= 4 is 44.9 Å². The summed E-state index contributed by atoms with van der Waals surface area (Å²) >= 11 is 7.21. The third-order valence-electron chi connectivity index (χ3n) is 2.28. The zero-order valence-corrected chi connectivity index (χ0v) is 10.9. The number of carbonyl (C=O) groups is 1. The van der Waals surface area contributed by atoms with Crippen molar-refractivity contribution in [1.29, 1.82) is 0 Å². The Morgan fingerprint density at radius 2 is 2.33 bits per heavy atom. The third-order valence-corrected chi connectivity index (χ3v) is 3.39. The summed E-state index contributed by atoms with van der Waals surface area (Å²) in [5.74, 6) is -0.844. The summed E-state index contributed by atoms with van der Waals surface area (Å²) in [6.45, 7) is 1.37. The van der Waals surface area contributed by atoms with Gasteiger partial charge in [-0.25, -0.2) is 14.8 Å². The zero-order valence-electron chi connectivity index (χ0n) is 9.35. The van der Waals surface area contributed by atoms with Crippen LogP contribution in [-0.4, -0.2) is 38.8 Å². The molecule has 3 N–H and O–H groups in total. The predicted molar refractivity (Wildman–Crippen MR) is 69.3 cm³/mol. The van der Waals surface area contributed by atoms with Gasteiger partial charge in [-0.15, -0.1) is 11.3 Å². The number of hydrogen-bond acceptors (Lipinski definition) is 6. The highest BCUT2D eigenvalue weighted by molar-refractivity contribution is 7.18. The summed E-state index contributed by atoms with van der Waals surface area (Å²) in [5, 5.41) is 21.3. The molecule has 0 radical (unpaired) electrons. The van der Waals surface area contributed by atoms with Crippen LogP contribution >= 0.6 is 22.9 Å². The Labute approximate surface area is 111 Å². The number of nitrogens with zero attached hydrogens (tertiary/aromatic N) is 2. The SMILES string of the molecule is Cc1cc2c(NC(CO)C(=O)O)nc(Cl)nc2s1. The minimum Gasteiger partial charge on any atom is -0.480 e. The molecule has 6 nitrogen and oxygen atoms in total. The first-order valence-electron chi connectivity index (χ1n) is 5.05. The number of aliphatic hydroxyl groups is 1. The van der Waals surface area contributed by atoms with Crippen LogP contribution in [0.4, 0.5) is 5.82 Å². The smallest absolute Gasteiger partial charge is 0.328 e. The molecule has 18 heavy (non-hydrogen) atoms. The van der Waals surface area contributed by atoms with Crippen LogP contribution in [0.1, 0.15) is 4.88 Å². The van der Waals surface area contributed by atoms with Gasteiger partial charge in [-0.1, -0.05) is 0 Å². The molecule has 2 heterocycles. The fraction of sp³-hybridized carbons (Fsp3) is 0.300. The lowest BCUT2D eigenvalue weighted by Gasteiger charge is -2.12. The van der Waals surface area contributed by atoms with Gasteiger partial charge in [0, 0.05) is 4.88 Å². The van der Waals surface area contributed by atoms with E-state index in [4.69, 9.17) is 21.8 Å². The second-order valence-corrected chi connectivity index (χ2v) is 5.21. The zero-order chi connectivity index (χ0) is 13.3. The van der Waals surface area contributed by atoms with Crippen LogP contribution in [0.2, 0.25) is 5.28 Å². The second kappa shape index (κ2) is 5.05. The molecule has 0 spiro atoms. The number of carboxylic acids is 1. The van der Waals surface area contributed by atoms with Crippen LogP contribution in [0.5, 0.6) is 0 Å². The summed E-state index contributed by atoms with van der Waals surface area (Å²) in [7, 11) is 0. The number of carboxylic acid groups (broad SMARTS) is 1. The largest absolute Gasteiger partial charge is 0.480 e. The van der Waals surface area contributed by atoms with Crippen LogP contribution in [0, 0.1) is 6.92 Å². The van der Waals surface area contributed by atoms with Crippen LogP contribution in [0.25, 0.3) is 10.2 Å². The average molecular weight is 288 g/mol. The van der Waals surface area contributed by atoms with E-state index in [9.17, 15) is 4.79 Å². The van der Waals surface area contributed by atoms with Gasteiger partial charge in [0.05, 0.1) is 12.0 Å². The van der Waals surface area contributed by atoms with Gasteiger partial charge >= 0.3 is 5.97 Å². The highest BCUT2D eigenvalue weighted by Crippen LogP contribution is 2.29. The van der Waals surface area contributed by atoms with Crippen molar-refractivity contribution in [2.45, 2.75) is 13.0 Å². The van der Waals surface area contributed by atoms with Crippen molar-refractivity contribution in [3.05, 3.63) is 16.2 Å². The number of rotatable bonds is 4. The quantitative estimate of drug-likeness (QED) is 0.738. The fourth-order valence-electron chi connectivity index (χ4n) is 1.48. The number of aryl methyl sites for hydroxylation is 1.